The Kier molecular flexibility index (Phi) is 45.6. The minimum atomic E-state index is -1.99. The van der Waals surface area contributed by atoms with E-state index in [-0.39, 0.29) is 18.9 Å². The second kappa shape index (κ2) is 50.9. The molecule has 89 heavy (non-hydrogen) atoms. The number of nitrogens with one attached hydrogen (secondary N) is 1. The summed E-state index contributed by atoms with van der Waals surface area (Å²) in [7, 11) is 0. The van der Waals surface area contributed by atoms with Crippen LogP contribution in [0.4, 0.5) is 0 Å². The molecule has 12 N–H and O–H groups in total. The van der Waals surface area contributed by atoms with Gasteiger partial charge in [-0.2, -0.15) is 0 Å². The highest BCUT2D eigenvalue weighted by Gasteiger charge is 2.53. The number of rotatable bonds is 49. The van der Waals surface area contributed by atoms with E-state index in [1.165, 1.54) is 64.2 Å². The van der Waals surface area contributed by atoms with Crippen LogP contribution in [0.2, 0.25) is 0 Å². The molecule has 510 valence electrons. The molecule has 3 heterocycles. The molecule has 17 atom stereocenters. The van der Waals surface area contributed by atoms with Gasteiger partial charge in [0.15, 0.2) is 18.9 Å². The Bertz CT molecular complexity index is 2040. The lowest BCUT2D eigenvalue weighted by Crippen LogP contribution is -2.66. The van der Waals surface area contributed by atoms with Gasteiger partial charge in [-0.1, -0.05) is 207 Å². The minimum Gasteiger partial charge on any atom is -0.394 e. The Morgan fingerprint density at radius 3 is 1.26 bits per heavy atom. The van der Waals surface area contributed by atoms with Crippen molar-refractivity contribution in [3.63, 3.8) is 0 Å². The van der Waals surface area contributed by atoms with Gasteiger partial charge >= 0.3 is 0 Å². The maximum atomic E-state index is 13.4. The van der Waals surface area contributed by atoms with Crippen LogP contribution in [-0.4, -0.2) is 193 Å². The Balaban J connectivity index is 1.47. The van der Waals surface area contributed by atoms with Crippen molar-refractivity contribution in [2.75, 3.05) is 26.4 Å². The fourth-order valence-electron chi connectivity index (χ4n) is 10.6. The molecule has 0 radical (unpaired) electrons. The van der Waals surface area contributed by atoms with Crippen molar-refractivity contribution >= 4 is 5.91 Å². The van der Waals surface area contributed by atoms with Gasteiger partial charge in [0.2, 0.25) is 5.91 Å². The van der Waals surface area contributed by atoms with Gasteiger partial charge in [0.05, 0.1) is 38.6 Å². The molecule has 0 saturated carbocycles. The van der Waals surface area contributed by atoms with Crippen LogP contribution in [-0.2, 0) is 33.2 Å². The highest BCUT2D eigenvalue weighted by atomic mass is 16.8. The molecule has 19 heteroatoms. The monoisotopic (exact) mass is 1260 g/mol. The van der Waals surface area contributed by atoms with E-state index in [4.69, 9.17) is 28.4 Å². The molecule has 0 aromatic heterocycles. The normalized spacial score (nSPS) is 28.9. The van der Waals surface area contributed by atoms with E-state index in [9.17, 15) is 61.0 Å². The summed E-state index contributed by atoms with van der Waals surface area (Å²) in [5.74, 6) is -0.309. The Hall–Kier alpha value is -3.55. The number of aliphatic hydroxyl groups excluding tert-OH is 11. The minimum absolute atomic E-state index is 0.205. The summed E-state index contributed by atoms with van der Waals surface area (Å²) in [4.78, 5) is 13.4. The summed E-state index contributed by atoms with van der Waals surface area (Å²) in [5.41, 5.74) is 0. The molecule has 3 aliphatic heterocycles. The van der Waals surface area contributed by atoms with E-state index >= 15 is 0 Å². The number of ether oxygens (including phenoxy) is 6. The zero-order valence-electron chi connectivity index (χ0n) is 53.6. The molecule has 0 aromatic carbocycles. The van der Waals surface area contributed by atoms with Gasteiger partial charge in [0.25, 0.3) is 0 Å². The van der Waals surface area contributed by atoms with Crippen molar-refractivity contribution in [3.8, 4) is 0 Å². The van der Waals surface area contributed by atoms with Crippen molar-refractivity contribution in [2.24, 2.45) is 0 Å². The first-order chi connectivity index (χ1) is 43.3. The van der Waals surface area contributed by atoms with Crippen molar-refractivity contribution in [3.05, 3.63) is 109 Å². The van der Waals surface area contributed by atoms with E-state index in [0.717, 1.165) is 96.3 Å². The average molecular weight is 1260 g/mol. The molecule has 3 aliphatic rings. The van der Waals surface area contributed by atoms with Crippen molar-refractivity contribution in [2.45, 2.75) is 298 Å². The molecule has 3 fully saturated rings. The number of allylic oxidation sites excluding steroid dienone is 17. The highest BCUT2D eigenvalue weighted by Crippen LogP contribution is 2.33. The quantitative estimate of drug-likeness (QED) is 0.0201. The molecule has 1 amide bonds. The molecule has 17 unspecified atom stereocenters. The summed E-state index contributed by atoms with van der Waals surface area (Å²) in [6.07, 6.45) is 40.6. The van der Waals surface area contributed by atoms with Crippen LogP contribution >= 0.6 is 0 Å². The van der Waals surface area contributed by atoms with Gasteiger partial charge in [0, 0.05) is 6.42 Å². The van der Waals surface area contributed by atoms with E-state index in [1.807, 2.05) is 6.08 Å². The van der Waals surface area contributed by atoms with Crippen LogP contribution in [0.25, 0.3) is 0 Å². The van der Waals surface area contributed by atoms with Crippen molar-refractivity contribution in [1.82, 2.24) is 5.32 Å². The van der Waals surface area contributed by atoms with Gasteiger partial charge < -0.3 is 89.9 Å². The number of hydrogen-bond acceptors (Lipinski definition) is 18. The lowest BCUT2D eigenvalue weighted by Gasteiger charge is -2.48. The second-order valence-electron chi connectivity index (χ2n) is 23.5. The maximum absolute atomic E-state index is 13.4. The van der Waals surface area contributed by atoms with Gasteiger partial charge in [-0.15, -0.1) is 0 Å². The van der Waals surface area contributed by atoms with E-state index in [1.54, 1.807) is 6.08 Å². The predicted octanol–water partition coefficient (Wildman–Crippen LogP) is 8.27. The summed E-state index contributed by atoms with van der Waals surface area (Å²) < 4.78 is 34.3. The second-order valence-corrected chi connectivity index (χ2v) is 23.5. The average Bonchev–Trinajstić information content (AvgIpc) is 2.46. The van der Waals surface area contributed by atoms with Gasteiger partial charge in [-0.25, -0.2) is 0 Å². The lowest BCUT2D eigenvalue weighted by molar-refractivity contribution is -0.379. The van der Waals surface area contributed by atoms with E-state index in [0.29, 0.717) is 12.8 Å². The Morgan fingerprint density at radius 2 is 0.787 bits per heavy atom. The summed E-state index contributed by atoms with van der Waals surface area (Å²) in [6.45, 7) is 1.56. The first-order valence-corrected chi connectivity index (χ1v) is 33.6. The summed E-state index contributed by atoms with van der Waals surface area (Å²) >= 11 is 0. The molecule has 0 spiro atoms. The van der Waals surface area contributed by atoms with E-state index in [2.05, 4.69) is 116 Å². The van der Waals surface area contributed by atoms with Crippen LogP contribution in [0.5, 0.6) is 0 Å². The van der Waals surface area contributed by atoms with Crippen molar-refractivity contribution in [1.29, 1.82) is 0 Å². The third-order valence-corrected chi connectivity index (χ3v) is 16.1. The Labute approximate surface area is 532 Å². The van der Waals surface area contributed by atoms with Gasteiger partial charge in [-0.05, 0) is 89.9 Å². The van der Waals surface area contributed by atoms with Crippen LogP contribution < -0.4 is 5.32 Å². The van der Waals surface area contributed by atoms with Gasteiger partial charge in [-0.3, -0.25) is 4.79 Å². The first-order valence-electron chi connectivity index (χ1n) is 33.6. The topological polar surface area (TPSA) is 307 Å². The van der Waals surface area contributed by atoms with E-state index < -0.39 is 124 Å². The van der Waals surface area contributed by atoms with Gasteiger partial charge in [0.1, 0.15) is 73.2 Å². The molecule has 3 rings (SSSR count). The van der Waals surface area contributed by atoms with Crippen LogP contribution in [0.1, 0.15) is 194 Å². The molecule has 0 aliphatic carbocycles. The third kappa shape index (κ3) is 33.2. The zero-order valence-corrected chi connectivity index (χ0v) is 53.6. The molecule has 0 aromatic rings. The van der Waals surface area contributed by atoms with Crippen molar-refractivity contribution < 1.29 is 89.4 Å². The molecular weight excluding hydrogens is 1140 g/mol. The van der Waals surface area contributed by atoms with Crippen LogP contribution in [0, 0.1) is 0 Å². The molecule has 0 bridgehead atoms. The largest absolute Gasteiger partial charge is 0.394 e. The SMILES string of the molecule is CC/C=C\C/C=C\C/C=C\C/C=C\C/C=C\C/C=C\C/C=C\CCCCCCCC(=O)NC(COC1OC(CO)C(OC2OC(CO)C(OC3OC(CO)C(O)C(O)C3O)C(O)C2O)C(O)C1O)C(O)/C=C/CC/C=C/CCCCCCCCCCCCC. The summed E-state index contributed by atoms with van der Waals surface area (Å²) in [5, 5.41) is 120. The fraction of sp³-hybridized carbons (Fsp3) is 0.729. The number of carbonyl (C=O) groups is 1. The first kappa shape index (κ1) is 79.7. The number of unbranched alkanes of at least 4 members (excludes halogenated alkanes) is 17. The molecular formula is C70H117NO18. The molecule has 3 saturated heterocycles. The standard InChI is InChI=1S/C70H117NO18/c1-3-5-7-9-11-13-15-17-19-21-22-23-24-25-26-27-28-29-30-32-34-36-38-40-42-44-46-48-58(76)71-53(54(75)47-45-43-41-39-37-35-33-31-20-18-16-14-12-10-8-6-4-2)52-84-68-64(82)61(79)66(56(50-73)86-68)89-70-65(83)62(80)67(57(51-74)87-70)88-69-63(81)60(78)59(77)55(49-72)85-69/h5,7,11,13,17,19,22-23,25-26,28-29,32,34,37,39,45,47,53-57,59-70,72-75,77-83H,3-4,6,8-10,12,14-16,18,20-21,24,27,30-31,33,35-36,38,40-44,46,48-52H2,1-2H3,(H,71,76)/b7-5-,13-11-,19-17-,23-22-,26-25-,29-28-,34-32-,39-37+,47-45+. The maximum Gasteiger partial charge on any atom is 0.220 e. The Morgan fingerprint density at radius 1 is 0.416 bits per heavy atom. The number of aliphatic hydroxyl groups is 11. The molecule has 19 nitrogen and oxygen atoms in total. The van der Waals surface area contributed by atoms with Crippen LogP contribution in [0.3, 0.4) is 0 Å². The third-order valence-electron chi connectivity index (χ3n) is 16.1. The highest BCUT2D eigenvalue weighted by molar-refractivity contribution is 5.76. The summed E-state index contributed by atoms with van der Waals surface area (Å²) in [6, 6.07) is -1.01. The fourth-order valence-corrected chi connectivity index (χ4v) is 10.6. The lowest BCUT2D eigenvalue weighted by atomic mass is 9.96. The number of hydrogen-bond donors (Lipinski definition) is 12. The number of amides is 1. The predicted molar refractivity (Wildman–Crippen MR) is 346 cm³/mol. The zero-order chi connectivity index (χ0) is 64.7. The smallest absolute Gasteiger partial charge is 0.220 e. The van der Waals surface area contributed by atoms with Crippen LogP contribution in [0.15, 0.2) is 109 Å². The number of carbonyl (C=O) groups excluding carboxylic acids is 1.